The number of anilines is 1. The van der Waals surface area contributed by atoms with Crippen molar-refractivity contribution in [1.82, 2.24) is 19.8 Å². The number of amides is 2. The zero-order valence-corrected chi connectivity index (χ0v) is 14.6. The van der Waals surface area contributed by atoms with E-state index in [1.54, 1.807) is 10.9 Å². The first-order chi connectivity index (χ1) is 12.7. The lowest BCUT2D eigenvalue weighted by Gasteiger charge is -2.34. The van der Waals surface area contributed by atoms with Gasteiger partial charge in [0.2, 0.25) is 0 Å². The Bertz CT molecular complexity index is 887. The molecule has 134 valence electrons. The van der Waals surface area contributed by atoms with E-state index in [0.29, 0.717) is 6.54 Å². The molecule has 1 aliphatic heterocycles. The van der Waals surface area contributed by atoms with Gasteiger partial charge in [0.15, 0.2) is 0 Å². The Labute approximate surface area is 151 Å². The highest BCUT2D eigenvalue weighted by molar-refractivity contribution is 5.90. The van der Waals surface area contributed by atoms with Gasteiger partial charge < -0.3 is 14.7 Å². The van der Waals surface area contributed by atoms with Crippen LogP contribution in [0.15, 0.2) is 53.3 Å². The van der Waals surface area contributed by atoms with E-state index in [0.717, 1.165) is 42.1 Å². The van der Waals surface area contributed by atoms with Crippen LogP contribution in [0.1, 0.15) is 36.8 Å². The third kappa shape index (κ3) is 3.33. The van der Waals surface area contributed by atoms with Crippen LogP contribution < -0.4 is 5.32 Å². The molecule has 3 heterocycles. The van der Waals surface area contributed by atoms with Crippen molar-refractivity contribution in [3.63, 3.8) is 0 Å². The van der Waals surface area contributed by atoms with Crippen LogP contribution in [0.4, 0.5) is 10.5 Å². The lowest BCUT2D eigenvalue weighted by atomic mass is 9.99. The summed E-state index contributed by atoms with van der Waals surface area (Å²) in [5, 5.41) is 11.4. The standard InChI is InChI=1S/C19H21N5O2/c1-14-12-17(22-26-14)18-8-2-3-10-23(18)19(25)21-15-6-4-7-16(13-15)24-11-5-9-20-24/h4-7,9,11-13,18H,2-3,8,10H2,1H3,(H,21,25)/t18-/m0/s1. The predicted molar refractivity (Wildman–Crippen MR) is 97.1 cm³/mol. The van der Waals surface area contributed by atoms with Crippen molar-refractivity contribution in [3.8, 4) is 5.69 Å². The second-order valence-corrected chi connectivity index (χ2v) is 6.50. The largest absolute Gasteiger partial charge is 0.361 e. The normalized spacial score (nSPS) is 17.3. The minimum Gasteiger partial charge on any atom is -0.361 e. The minimum absolute atomic E-state index is 0.0458. The van der Waals surface area contributed by atoms with Crippen molar-refractivity contribution in [3.05, 3.63) is 60.2 Å². The topological polar surface area (TPSA) is 76.2 Å². The van der Waals surface area contributed by atoms with E-state index >= 15 is 0 Å². The number of carbonyl (C=O) groups is 1. The average Bonchev–Trinajstić information content (AvgIpc) is 3.34. The van der Waals surface area contributed by atoms with Crippen LogP contribution in [0.5, 0.6) is 0 Å². The van der Waals surface area contributed by atoms with Gasteiger partial charge in [0, 0.05) is 30.7 Å². The zero-order valence-electron chi connectivity index (χ0n) is 14.6. The number of urea groups is 1. The van der Waals surface area contributed by atoms with Crippen LogP contribution in [-0.2, 0) is 0 Å². The molecule has 0 saturated carbocycles. The maximum atomic E-state index is 12.9. The number of aromatic nitrogens is 3. The Morgan fingerprint density at radius 1 is 1.27 bits per heavy atom. The van der Waals surface area contributed by atoms with Gasteiger partial charge in [-0.2, -0.15) is 5.10 Å². The summed E-state index contributed by atoms with van der Waals surface area (Å²) in [5.74, 6) is 0.762. The molecule has 1 aliphatic rings. The fourth-order valence-corrected chi connectivity index (χ4v) is 3.37. The SMILES string of the molecule is Cc1cc([C@@H]2CCCCN2C(=O)Nc2cccc(-n3cccn3)c2)no1. The maximum Gasteiger partial charge on any atom is 0.322 e. The molecule has 1 N–H and O–H groups in total. The number of rotatable bonds is 3. The van der Waals surface area contributed by atoms with Gasteiger partial charge in [0.1, 0.15) is 11.5 Å². The molecule has 26 heavy (non-hydrogen) atoms. The Balaban J connectivity index is 1.52. The number of piperidine rings is 1. The number of benzene rings is 1. The zero-order chi connectivity index (χ0) is 17.9. The second kappa shape index (κ2) is 7.03. The Morgan fingerprint density at radius 2 is 2.19 bits per heavy atom. The Hall–Kier alpha value is -3.09. The quantitative estimate of drug-likeness (QED) is 0.776. The highest BCUT2D eigenvalue weighted by atomic mass is 16.5. The summed E-state index contributed by atoms with van der Waals surface area (Å²) in [6.07, 6.45) is 6.56. The number of nitrogens with zero attached hydrogens (tertiary/aromatic N) is 4. The predicted octanol–water partition coefficient (Wildman–Crippen LogP) is 3.93. The van der Waals surface area contributed by atoms with Crippen LogP contribution in [0.3, 0.4) is 0 Å². The van der Waals surface area contributed by atoms with Crippen molar-refractivity contribution in [1.29, 1.82) is 0 Å². The summed E-state index contributed by atoms with van der Waals surface area (Å²) in [7, 11) is 0. The molecule has 0 bridgehead atoms. The monoisotopic (exact) mass is 351 g/mol. The average molecular weight is 351 g/mol. The molecule has 2 aromatic heterocycles. The fourth-order valence-electron chi connectivity index (χ4n) is 3.37. The van der Waals surface area contributed by atoms with Crippen LogP contribution in [0, 0.1) is 6.92 Å². The molecule has 3 aromatic rings. The molecule has 1 atom stereocenters. The van der Waals surface area contributed by atoms with Gasteiger partial charge in [-0.05, 0) is 50.5 Å². The van der Waals surface area contributed by atoms with Gasteiger partial charge in [0.05, 0.1) is 11.7 Å². The summed E-state index contributed by atoms with van der Waals surface area (Å²) in [6, 6.07) is 11.3. The molecular weight excluding hydrogens is 330 g/mol. The molecule has 0 aliphatic carbocycles. The fraction of sp³-hybridized carbons (Fsp3) is 0.316. The van der Waals surface area contributed by atoms with E-state index in [2.05, 4.69) is 15.6 Å². The molecule has 1 aromatic carbocycles. The molecule has 4 rings (SSSR count). The van der Waals surface area contributed by atoms with E-state index in [4.69, 9.17) is 4.52 Å². The summed E-state index contributed by atoms with van der Waals surface area (Å²) in [4.78, 5) is 14.7. The van der Waals surface area contributed by atoms with E-state index in [1.807, 2.05) is 54.4 Å². The van der Waals surface area contributed by atoms with Crippen molar-refractivity contribution < 1.29 is 9.32 Å². The molecule has 1 fully saturated rings. The molecule has 7 heteroatoms. The first kappa shape index (κ1) is 16.4. The van der Waals surface area contributed by atoms with Gasteiger partial charge in [0.25, 0.3) is 0 Å². The highest BCUT2D eigenvalue weighted by Gasteiger charge is 2.30. The third-order valence-corrected chi connectivity index (χ3v) is 4.62. The third-order valence-electron chi connectivity index (χ3n) is 4.62. The number of likely N-dealkylation sites (tertiary alicyclic amines) is 1. The van der Waals surface area contributed by atoms with Gasteiger partial charge in [-0.1, -0.05) is 11.2 Å². The highest BCUT2D eigenvalue weighted by Crippen LogP contribution is 2.31. The minimum atomic E-state index is -0.118. The number of aryl methyl sites for hydroxylation is 1. The molecule has 7 nitrogen and oxygen atoms in total. The van der Waals surface area contributed by atoms with Crippen LogP contribution in [-0.4, -0.2) is 32.4 Å². The number of hydrogen-bond donors (Lipinski definition) is 1. The summed E-state index contributed by atoms with van der Waals surface area (Å²) < 4.78 is 6.96. The van der Waals surface area contributed by atoms with Crippen LogP contribution in [0.25, 0.3) is 5.69 Å². The van der Waals surface area contributed by atoms with Gasteiger partial charge in [-0.3, -0.25) is 0 Å². The number of nitrogens with one attached hydrogen (secondary N) is 1. The van der Waals surface area contributed by atoms with Crippen LogP contribution >= 0.6 is 0 Å². The van der Waals surface area contributed by atoms with Crippen molar-refractivity contribution in [2.75, 3.05) is 11.9 Å². The molecule has 0 spiro atoms. The maximum absolute atomic E-state index is 12.9. The van der Waals surface area contributed by atoms with Crippen molar-refractivity contribution in [2.24, 2.45) is 0 Å². The van der Waals surface area contributed by atoms with Gasteiger partial charge in [-0.25, -0.2) is 9.48 Å². The van der Waals surface area contributed by atoms with Crippen molar-refractivity contribution in [2.45, 2.75) is 32.2 Å². The lowest BCUT2D eigenvalue weighted by molar-refractivity contribution is 0.159. The first-order valence-corrected chi connectivity index (χ1v) is 8.81. The summed E-state index contributed by atoms with van der Waals surface area (Å²) >= 11 is 0. The smallest absolute Gasteiger partial charge is 0.322 e. The first-order valence-electron chi connectivity index (χ1n) is 8.81. The van der Waals surface area contributed by atoms with E-state index < -0.39 is 0 Å². The second-order valence-electron chi connectivity index (χ2n) is 6.50. The Kier molecular flexibility index (Phi) is 4.43. The van der Waals surface area contributed by atoms with Gasteiger partial charge in [-0.15, -0.1) is 0 Å². The summed E-state index contributed by atoms with van der Waals surface area (Å²) in [6.45, 7) is 2.58. The number of carbonyl (C=O) groups excluding carboxylic acids is 1. The Morgan fingerprint density at radius 3 is 2.96 bits per heavy atom. The lowest BCUT2D eigenvalue weighted by Crippen LogP contribution is -2.41. The number of hydrogen-bond acceptors (Lipinski definition) is 4. The molecule has 1 saturated heterocycles. The van der Waals surface area contributed by atoms with E-state index in [1.165, 1.54) is 0 Å². The van der Waals surface area contributed by atoms with Crippen LogP contribution in [0.2, 0.25) is 0 Å². The van der Waals surface area contributed by atoms with E-state index in [-0.39, 0.29) is 12.1 Å². The molecular formula is C19H21N5O2. The van der Waals surface area contributed by atoms with Crippen molar-refractivity contribution >= 4 is 11.7 Å². The molecule has 2 amide bonds. The van der Waals surface area contributed by atoms with Gasteiger partial charge >= 0.3 is 6.03 Å². The summed E-state index contributed by atoms with van der Waals surface area (Å²) in [5.41, 5.74) is 2.46. The molecule has 0 radical (unpaired) electrons. The molecule has 0 unspecified atom stereocenters. The van der Waals surface area contributed by atoms with E-state index in [9.17, 15) is 4.79 Å².